The van der Waals surface area contributed by atoms with E-state index in [1.54, 1.807) is 6.20 Å². The van der Waals surface area contributed by atoms with Crippen LogP contribution >= 0.6 is 0 Å². The number of carbonyl (C=O) groups is 1. The van der Waals surface area contributed by atoms with Crippen LogP contribution in [0.4, 0.5) is 4.79 Å². The number of amides is 2. The second-order valence-corrected chi connectivity index (χ2v) is 5.20. The molecule has 20 heavy (non-hydrogen) atoms. The highest BCUT2D eigenvalue weighted by molar-refractivity contribution is 5.74. The van der Waals surface area contributed by atoms with Gasteiger partial charge in [0, 0.05) is 38.1 Å². The van der Waals surface area contributed by atoms with Gasteiger partial charge in [0.05, 0.1) is 0 Å². The highest BCUT2D eigenvalue weighted by Gasteiger charge is 2.25. The monoisotopic (exact) mass is 277 g/mol. The first-order valence-corrected chi connectivity index (χ1v) is 7.35. The Labute approximate surface area is 120 Å². The molecule has 5 nitrogen and oxygen atoms in total. The smallest absolute Gasteiger partial charge is 0.317 e. The van der Waals surface area contributed by atoms with Crippen LogP contribution in [0.3, 0.4) is 0 Å². The predicted molar refractivity (Wildman–Crippen MR) is 77.4 cm³/mol. The van der Waals surface area contributed by atoms with Crippen molar-refractivity contribution in [2.24, 2.45) is 0 Å². The van der Waals surface area contributed by atoms with Crippen molar-refractivity contribution in [2.75, 3.05) is 19.7 Å². The first-order valence-electron chi connectivity index (χ1n) is 7.35. The second-order valence-electron chi connectivity index (χ2n) is 5.20. The lowest BCUT2D eigenvalue weighted by Gasteiger charge is -2.35. The Morgan fingerprint density at radius 3 is 3.15 bits per heavy atom. The fraction of sp³-hybridized carbons (Fsp3) is 0.600. The van der Waals surface area contributed by atoms with Gasteiger partial charge in [-0.15, -0.1) is 0 Å². The van der Waals surface area contributed by atoms with Gasteiger partial charge in [0.25, 0.3) is 0 Å². The van der Waals surface area contributed by atoms with Gasteiger partial charge >= 0.3 is 6.03 Å². The normalized spacial score (nSPS) is 18.9. The minimum atomic E-state index is -0.00737. The first-order chi connectivity index (χ1) is 9.81. The maximum atomic E-state index is 12.2. The molecule has 1 atom stereocenters. The third-order valence-electron chi connectivity index (χ3n) is 3.76. The summed E-state index contributed by atoms with van der Waals surface area (Å²) in [6.07, 6.45) is 8.23. The highest BCUT2D eigenvalue weighted by Crippen LogP contribution is 2.19. The maximum absolute atomic E-state index is 12.2. The molecule has 2 amide bonds. The maximum Gasteiger partial charge on any atom is 0.317 e. The van der Waals surface area contributed by atoms with Crippen molar-refractivity contribution in [2.45, 2.75) is 38.1 Å². The van der Waals surface area contributed by atoms with Gasteiger partial charge in [0.15, 0.2) is 0 Å². The van der Waals surface area contributed by atoms with Gasteiger partial charge in [-0.1, -0.05) is 6.07 Å². The standard InChI is InChI=1S/C15H23N3O2/c19-11-7-14-5-1-2-10-18(14)15(20)17-9-6-13-4-3-8-16-12-13/h3-4,8,12,14,19H,1-2,5-7,9-11H2,(H,17,20). The zero-order valence-electron chi connectivity index (χ0n) is 11.8. The summed E-state index contributed by atoms with van der Waals surface area (Å²) in [5.41, 5.74) is 1.12. The SMILES string of the molecule is O=C(NCCc1cccnc1)N1CCCCC1CCO. The molecular weight excluding hydrogens is 254 g/mol. The number of carbonyl (C=O) groups excluding carboxylic acids is 1. The van der Waals surface area contributed by atoms with Gasteiger partial charge < -0.3 is 15.3 Å². The third-order valence-corrected chi connectivity index (χ3v) is 3.76. The van der Waals surface area contributed by atoms with Crippen LogP contribution in [0.2, 0.25) is 0 Å². The molecule has 2 rings (SSSR count). The van der Waals surface area contributed by atoms with E-state index in [1.807, 2.05) is 23.2 Å². The molecule has 1 aliphatic heterocycles. The van der Waals surface area contributed by atoms with Gasteiger partial charge in [-0.2, -0.15) is 0 Å². The number of hydrogen-bond acceptors (Lipinski definition) is 3. The number of nitrogens with zero attached hydrogens (tertiary/aromatic N) is 2. The van der Waals surface area contributed by atoms with E-state index in [0.29, 0.717) is 13.0 Å². The number of rotatable bonds is 5. The highest BCUT2D eigenvalue weighted by atomic mass is 16.3. The molecule has 5 heteroatoms. The summed E-state index contributed by atoms with van der Waals surface area (Å²) in [6.45, 7) is 1.56. The molecule has 2 N–H and O–H groups in total. The Balaban J connectivity index is 1.78. The van der Waals surface area contributed by atoms with Crippen LogP contribution < -0.4 is 5.32 Å². The van der Waals surface area contributed by atoms with Gasteiger partial charge in [0.2, 0.25) is 0 Å². The average molecular weight is 277 g/mol. The zero-order chi connectivity index (χ0) is 14.2. The molecule has 1 unspecified atom stereocenters. The molecule has 1 aromatic heterocycles. The van der Waals surface area contributed by atoms with E-state index in [4.69, 9.17) is 5.11 Å². The van der Waals surface area contributed by atoms with E-state index in [1.165, 1.54) is 0 Å². The van der Waals surface area contributed by atoms with Crippen molar-refractivity contribution in [3.8, 4) is 0 Å². The molecule has 0 aliphatic carbocycles. The van der Waals surface area contributed by atoms with Crippen LogP contribution in [0.15, 0.2) is 24.5 Å². The molecule has 0 bridgehead atoms. The zero-order valence-corrected chi connectivity index (χ0v) is 11.8. The molecular formula is C15H23N3O2. The number of aromatic nitrogens is 1. The summed E-state index contributed by atoms with van der Waals surface area (Å²) in [5, 5.41) is 12.0. The number of hydrogen-bond donors (Lipinski definition) is 2. The summed E-state index contributed by atoms with van der Waals surface area (Å²) >= 11 is 0. The van der Waals surface area contributed by atoms with Crippen molar-refractivity contribution in [3.05, 3.63) is 30.1 Å². The molecule has 1 saturated heterocycles. The quantitative estimate of drug-likeness (QED) is 0.858. The Hall–Kier alpha value is -1.62. The van der Waals surface area contributed by atoms with Crippen molar-refractivity contribution < 1.29 is 9.90 Å². The second kappa shape index (κ2) is 7.85. The summed E-state index contributed by atoms with van der Waals surface area (Å²) in [4.78, 5) is 18.1. The number of aliphatic hydroxyl groups is 1. The lowest BCUT2D eigenvalue weighted by molar-refractivity contribution is 0.132. The van der Waals surface area contributed by atoms with Crippen molar-refractivity contribution in [1.29, 1.82) is 0 Å². The van der Waals surface area contributed by atoms with E-state index in [2.05, 4.69) is 10.3 Å². The topological polar surface area (TPSA) is 65.5 Å². The van der Waals surface area contributed by atoms with Crippen LogP contribution in [-0.2, 0) is 6.42 Å². The van der Waals surface area contributed by atoms with E-state index in [-0.39, 0.29) is 18.7 Å². The number of piperidine rings is 1. The van der Waals surface area contributed by atoms with Crippen LogP contribution in [0.25, 0.3) is 0 Å². The molecule has 110 valence electrons. The predicted octanol–water partition coefficient (Wildman–Crippen LogP) is 1.57. The van der Waals surface area contributed by atoms with Crippen molar-refractivity contribution in [3.63, 3.8) is 0 Å². The number of nitrogens with one attached hydrogen (secondary N) is 1. The molecule has 2 heterocycles. The van der Waals surface area contributed by atoms with Gasteiger partial charge in [-0.3, -0.25) is 4.98 Å². The molecule has 1 aliphatic rings. The Morgan fingerprint density at radius 1 is 1.50 bits per heavy atom. The molecule has 0 spiro atoms. The van der Waals surface area contributed by atoms with Gasteiger partial charge in [-0.25, -0.2) is 4.79 Å². The van der Waals surface area contributed by atoms with Crippen LogP contribution in [0.1, 0.15) is 31.2 Å². The van der Waals surface area contributed by atoms with Gasteiger partial charge in [0.1, 0.15) is 0 Å². The minimum Gasteiger partial charge on any atom is -0.396 e. The van der Waals surface area contributed by atoms with E-state index in [9.17, 15) is 4.79 Å². The van der Waals surface area contributed by atoms with Crippen molar-refractivity contribution in [1.82, 2.24) is 15.2 Å². The fourth-order valence-electron chi connectivity index (χ4n) is 2.68. The lowest BCUT2D eigenvalue weighted by atomic mass is 10.0. The Bertz CT molecular complexity index is 409. The fourth-order valence-corrected chi connectivity index (χ4v) is 2.68. The van der Waals surface area contributed by atoms with E-state index in [0.717, 1.165) is 37.8 Å². The van der Waals surface area contributed by atoms with Crippen LogP contribution in [0, 0.1) is 0 Å². The Kier molecular flexibility index (Phi) is 5.80. The number of likely N-dealkylation sites (tertiary alicyclic amines) is 1. The van der Waals surface area contributed by atoms with Crippen LogP contribution in [0.5, 0.6) is 0 Å². The van der Waals surface area contributed by atoms with E-state index < -0.39 is 0 Å². The Morgan fingerprint density at radius 2 is 2.40 bits per heavy atom. The number of pyridine rings is 1. The molecule has 0 radical (unpaired) electrons. The van der Waals surface area contributed by atoms with Crippen LogP contribution in [-0.4, -0.2) is 46.8 Å². The molecule has 0 saturated carbocycles. The molecule has 1 aromatic rings. The average Bonchev–Trinajstić information content (AvgIpc) is 2.49. The van der Waals surface area contributed by atoms with Gasteiger partial charge in [-0.05, 0) is 43.7 Å². The molecule has 0 aromatic carbocycles. The largest absolute Gasteiger partial charge is 0.396 e. The van der Waals surface area contributed by atoms with Crippen molar-refractivity contribution >= 4 is 6.03 Å². The van der Waals surface area contributed by atoms with E-state index >= 15 is 0 Å². The summed E-state index contributed by atoms with van der Waals surface area (Å²) in [6, 6.07) is 4.09. The minimum absolute atomic E-state index is 0.00737. The summed E-state index contributed by atoms with van der Waals surface area (Å²) in [7, 11) is 0. The summed E-state index contributed by atoms with van der Waals surface area (Å²) in [5.74, 6) is 0. The summed E-state index contributed by atoms with van der Waals surface area (Å²) < 4.78 is 0. The first kappa shape index (κ1) is 14.8. The number of aliphatic hydroxyl groups excluding tert-OH is 1. The third kappa shape index (κ3) is 4.20. The number of urea groups is 1. The molecule has 1 fully saturated rings. The lowest BCUT2D eigenvalue weighted by Crippen LogP contribution is -2.49.